The Labute approximate surface area is 134 Å². The molecule has 0 spiro atoms. The second kappa shape index (κ2) is 6.15. The summed E-state index contributed by atoms with van der Waals surface area (Å²) in [6, 6.07) is 5.25. The Hall–Kier alpha value is -2.77. The molecule has 2 aromatic rings. The molecule has 3 rings (SSSR count). The van der Waals surface area contributed by atoms with Crippen molar-refractivity contribution in [2.75, 3.05) is 13.8 Å². The van der Waals surface area contributed by atoms with Gasteiger partial charge in [0.2, 0.25) is 6.79 Å². The average molecular weight is 317 g/mol. The SMILES string of the molecule is C[C@@H](NC(=O)N(C)Cc1ccc2c(c1)OCO2)c1nncn1C. The summed E-state index contributed by atoms with van der Waals surface area (Å²) in [5, 5.41) is 10.7. The van der Waals surface area contributed by atoms with Crippen LogP contribution in [0.1, 0.15) is 24.4 Å². The number of hydrogen-bond donors (Lipinski definition) is 1. The molecule has 1 atom stereocenters. The summed E-state index contributed by atoms with van der Waals surface area (Å²) in [7, 11) is 3.58. The summed E-state index contributed by atoms with van der Waals surface area (Å²) in [6.45, 7) is 2.58. The molecule has 0 unspecified atom stereocenters. The van der Waals surface area contributed by atoms with E-state index in [9.17, 15) is 4.79 Å². The predicted octanol–water partition coefficient (Wildman–Crippen LogP) is 1.45. The Morgan fingerprint density at radius 2 is 2.22 bits per heavy atom. The van der Waals surface area contributed by atoms with E-state index in [2.05, 4.69) is 15.5 Å². The summed E-state index contributed by atoms with van der Waals surface area (Å²) in [4.78, 5) is 13.9. The maximum Gasteiger partial charge on any atom is 0.318 e. The largest absolute Gasteiger partial charge is 0.454 e. The van der Waals surface area contributed by atoms with Crippen LogP contribution >= 0.6 is 0 Å². The van der Waals surface area contributed by atoms with Gasteiger partial charge in [-0.05, 0) is 24.6 Å². The van der Waals surface area contributed by atoms with E-state index in [1.807, 2.05) is 32.2 Å². The zero-order valence-corrected chi connectivity index (χ0v) is 13.3. The molecule has 0 fully saturated rings. The molecule has 122 valence electrons. The molecule has 1 aromatic heterocycles. The molecule has 23 heavy (non-hydrogen) atoms. The van der Waals surface area contributed by atoms with Crippen molar-refractivity contribution in [3.05, 3.63) is 35.9 Å². The van der Waals surface area contributed by atoms with E-state index in [0.717, 1.165) is 11.3 Å². The summed E-state index contributed by atoms with van der Waals surface area (Å²) in [6.07, 6.45) is 1.61. The first kappa shape index (κ1) is 15.1. The number of carbonyl (C=O) groups excluding carboxylic acids is 1. The Morgan fingerprint density at radius 1 is 1.43 bits per heavy atom. The number of ether oxygens (including phenoxy) is 2. The van der Waals surface area contributed by atoms with Gasteiger partial charge in [-0.25, -0.2) is 4.79 Å². The van der Waals surface area contributed by atoms with E-state index >= 15 is 0 Å². The number of aromatic nitrogens is 3. The van der Waals surface area contributed by atoms with Gasteiger partial charge in [0.05, 0.1) is 6.04 Å². The molecule has 1 N–H and O–H groups in total. The highest BCUT2D eigenvalue weighted by Gasteiger charge is 2.18. The van der Waals surface area contributed by atoms with Crippen molar-refractivity contribution in [3.8, 4) is 11.5 Å². The molecular formula is C15H19N5O3. The summed E-state index contributed by atoms with van der Waals surface area (Å²) >= 11 is 0. The topological polar surface area (TPSA) is 81.5 Å². The number of amides is 2. The third-order valence-electron chi connectivity index (χ3n) is 3.68. The van der Waals surface area contributed by atoms with Gasteiger partial charge in [0.1, 0.15) is 6.33 Å². The third-order valence-corrected chi connectivity index (χ3v) is 3.68. The van der Waals surface area contributed by atoms with Gasteiger partial charge in [-0.2, -0.15) is 0 Å². The van der Waals surface area contributed by atoms with Crippen LogP contribution in [0.5, 0.6) is 11.5 Å². The highest BCUT2D eigenvalue weighted by Crippen LogP contribution is 2.32. The quantitative estimate of drug-likeness (QED) is 0.923. The predicted molar refractivity (Wildman–Crippen MR) is 82.0 cm³/mol. The smallest absolute Gasteiger partial charge is 0.318 e. The number of nitrogens with zero attached hydrogens (tertiary/aromatic N) is 4. The molecule has 1 aliphatic rings. The van der Waals surface area contributed by atoms with Gasteiger partial charge in [0.25, 0.3) is 0 Å². The van der Waals surface area contributed by atoms with Crippen LogP contribution in [0.2, 0.25) is 0 Å². The van der Waals surface area contributed by atoms with E-state index < -0.39 is 0 Å². The molecule has 8 nitrogen and oxygen atoms in total. The zero-order chi connectivity index (χ0) is 16.4. The first-order chi connectivity index (χ1) is 11.0. The van der Waals surface area contributed by atoms with E-state index in [4.69, 9.17) is 9.47 Å². The van der Waals surface area contributed by atoms with Crippen molar-refractivity contribution in [2.45, 2.75) is 19.5 Å². The molecule has 0 radical (unpaired) electrons. The van der Waals surface area contributed by atoms with Gasteiger partial charge in [0, 0.05) is 20.6 Å². The summed E-state index contributed by atoms with van der Waals surface area (Å²) in [5.41, 5.74) is 0.971. The number of carbonyl (C=O) groups is 1. The van der Waals surface area contributed by atoms with Crippen LogP contribution in [0, 0.1) is 0 Å². The lowest BCUT2D eigenvalue weighted by Gasteiger charge is -2.21. The van der Waals surface area contributed by atoms with Crippen molar-refractivity contribution < 1.29 is 14.3 Å². The van der Waals surface area contributed by atoms with Crippen molar-refractivity contribution >= 4 is 6.03 Å². The fourth-order valence-corrected chi connectivity index (χ4v) is 2.43. The maximum absolute atomic E-state index is 12.3. The van der Waals surface area contributed by atoms with Gasteiger partial charge in [-0.15, -0.1) is 10.2 Å². The minimum atomic E-state index is -0.228. The fourth-order valence-electron chi connectivity index (χ4n) is 2.43. The number of rotatable bonds is 4. The number of nitrogens with one attached hydrogen (secondary N) is 1. The van der Waals surface area contributed by atoms with Crippen molar-refractivity contribution in [3.63, 3.8) is 0 Å². The number of urea groups is 1. The van der Waals surface area contributed by atoms with Crippen molar-refractivity contribution in [2.24, 2.45) is 7.05 Å². The number of hydrogen-bond acceptors (Lipinski definition) is 5. The summed E-state index contributed by atoms with van der Waals surface area (Å²) < 4.78 is 12.4. The van der Waals surface area contributed by atoms with E-state index in [0.29, 0.717) is 18.1 Å². The van der Waals surface area contributed by atoms with E-state index in [1.165, 1.54) is 0 Å². The highest BCUT2D eigenvalue weighted by molar-refractivity contribution is 5.74. The number of benzene rings is 1. The van der Waals surface area contributed by atoms with Crippen LogP contribution in [-0.2, 0) is 13.6 Å². The Balaban J connectivity index is 1.60. The average Bonchev–Trinajstić information content (AvgIpc) is 3.15. The van der Waals surface area contributed by atoms with Gasteiger partial charge in [0.15, 0.2) is 17.3 Å². The number of aryl methyl sites for hydroxylation is 1. The monoisotopic (exact) mass is 317 g/mol. The Morgan fingerprint density at radius 3 is 2.96 bits per heavy atom. The minimum absolute atomic E-state index is 0.182. The first-order valence-corrected chi connectivity index (χ1v) is 7.28. The lowest BCUT2D eigenvalue weighted by Crippen LogP contribution is -2.38. The van der Waals surface area contributed by atoms with Crippen molar-refractivity contribution in [1.82, 2.24) is 25.0 Å². The molecule has 0 bridgehead atoms. The maximum atomic E-state index is 12.3. The van der Waals surface area contributed by atoms with Crippen LogP contribution in [0.15, 0.2) is 24.5 Å². The molecule has 1 aliphatic heterocycles. The van der Waals surface area contributed by atoms with Gasteiger partial charge in [-0.1, -0.05) is 6.07 Å². The normalized spacial score (nSPS) is 13.7. The standard InChI is InChI=1S/C15H19N5O3/c1-10(14-18-16-8-20(14)3)17-15(21)19(2)7-11-4-5-12-13(6-11)23-9-22-12/h4-6,8,10H,7,9H2,1-3H3,(H,17,21)/t10-/m1/s1. The van der Waals surface area contributed by atoms with E-state index in [1.54, 1.807) is 22.8 Å². The van der Waals surface area contributed by atoms with Crippen molar-refractivity contribution in [1.29, 1.82) is 0 Å². The molecular weight excluding hydrogens is 298 g/mol. The fraction of sp³-hybridized carbons (Fsp3) is 0.400. The molecule has 2 heterocycles. The molecule has 0 aliphatic carbocycles. The molecule has 8 heteroatoms. The second-order valence-corrected chi connectivity index (χ2v) is 5.51. The molecule has 0 saturated carbocycles. The molecule has 0 saturated heterocycles. The van der Waals surface area contributed by atoms with Gasteiger partial charge >= 0.3 is 6.03 Å². The first-order valence-electron chi connectivity index (χ1n) is 7.28. The van der Waals surface area contributed by atoms with Gasteiger partial charge < -0.3 is 24.3 Å². The Kier molecular flexibility index (Phi) is 4.05. The van der Waals surface area contributed by atoms with Crippen LogP contribution in [0.25, 0.3) is 0 Å². The lowest BCUT2D eigenvalue weighted by atomic mass is 10.2. The minimum Gasteiger partial charge on any atom is -0.454 e. The van der Waals surface area contributed by atoms with Gasteiger partial charge in [-0.3, -0.25) is 0 Å². The van der Waals surface area contributed by atoms with Crippen LogP contribution < -0.4 is 14.8 Å². The second-order valence-electron chi connectivity index (χ2n) is 5.51. The van der Waals surface area contributed by atoms with Crippen LogP contribution in [0.4, 0.5) is 4.79 Å². The molecule has 1 aromatic carbocycles. The Bertz CT molecular complexity index is 715. The molecule has 2 amide bonds. The zero-order valence-electron chi connectivity index (χ0n) is 13.3. The third kappa shape index (κ3) is 3.20. The summed E-state index contributed by atoms with van der Waals surface area (Å²) in [5.74, 6) is 2.15. The van der Waals surface area contributed by atoms with Crippen LogP contribution in [-0.4, -0.2) is 39.5 Å². The highest BCUT2D eigenvalue weighted by atomic mass is 16.7. The lowest BCUT2D eigenvalue weighted by molar-refractivity contribution is 0.174. The van der Waals surface area contributed by atoms with E-state index in [-0.39, 0.29) is 18.9 Å². The van der Waals surface area contributed by atoms with Crippen LogP contribution in [0.3, 0.4) is 0 Å². The number of fused-ring (bicyclic) bond motifs is 1.